The second-order valence-electron chi connectivity index (χ2n) is 4.69. The van der Waals surface area contributed by atoms with E-state index in [0.717, 1.165) is 11.6 Å². The van der Waals surface area contributed by atoms with E-state index < -0.39 is 11.6 Å². The third-order valence-corrected chi connectivity index (χ3v) is 3.22. The maximum atomic E-state index is 13.8. The van der Waals surface area contributed by atoms with Gasteiger partial charge in [0.25, 0.3) is 0 Å². The Morgan fingerprint density at radius 1 is 1.48 bits per heavy atom. The van der Waals surface area contributed by atoms with Crippen molar-refractivity contribution in [3.63, 3.8) is 0 Å². The van der Waals surface area contributed by atoms with Gasteiger partial charge in [-0.15, -0.1) is 0 Å². The van der Waals surface area contributed by atoms with E-state index in [9.17, 15) is 13.6 Å². The van der Waals surface area contributed by atoms with Gasteiger partial charge in [-0.2, -0.15) is 5.10 Å². The van der Waals surface area contributed by atoms with E-state index >= 15 is 0 Å². The maximum Gasteiger partial charge on any atom is 0.234 e. The summed E-state index contributed by atoms with van der Waals surface area (Å²) in [4.78, 5) is 11.3. The number of benzene rings is 1. The van der Waals surface area contributed by atoms with Gasteiger partial charge in [-0.1, -0.05) is 0 Å². The molecule has 0 aliphatic rings. The average molecular weight is 294 g/mol. The second-order valence-corrected chi connectivity index (χ2v) is 4.69. The molecule has 0 aliphatic heterocycles. The van der Waals surface area contributed by atoms with Gasteiger partial charge in [-0.05, 0) is 26.0 Å². The quantitative estimate of drug-likeness (QED) is 0.899. The predicted octanol–water partition coefficient (Wildman–Crippen LogP) is 1.59. The van der Waals surface area contributed by atoms with Gasteiger partial charge in [0.15, 0.2) is 5.82 Å². The molecule has 1 heterocycles. The van der Waals surface area contributed by atoms with Crippen LogP contribution in [0.5, 0.6) is 0 Å². The standard InChI is InChI=1S/C14H16F2N4O/c1-8(19-14(21)6-17)11-7-18-20(9(11)2)13-4-3-10(15)5-12(13)16/h3-5,7-8H,6,17H2,1-2H3,(H,19,21)/t8-/m1/s1. The summed E-state index contributed by atoms with van der Waals surface area (Å²) in [7, 11) is 0. The molecule has 21 heavy (non-hydrogen) atoms. The highest BCUT2D eigenvalue weighted by molar-refractivity contribution is 5.78. The first kappa shape index (κ1) is 15.1. The summed E-state index contributed by atoms with van der Waals surface area (Å²) in [5.41, 5.74) is 6.79. The Morgan fingerprint density at radius 2 is 2.19 bits per heavy atom. The normalized spacial score (nSPS) is 12.2. The van der Waals surface area contributed by atoms with Crippen molar-refractivity contribution in [3.8, 4) is 5.69 Å². The molecule has 0 bridgehead atoms. The number of hydrogen-bond acceptors (Lipinski definition) is 3. The fraction of sp³-hybridized carbons (Fsp3) is 0.286. The van der Waals surface area contributed by atoms with Crippen LogP contribution in [0.25, 0.3) is 5.69 Å². The molecule has 1 amide bonds. The lowest BCUT2D eigenvalue weighted by molar-refractivity contribution is -0.120. The molecular formula is C14H16F2N4O. The van der Waals surface area contributed by atoms with Crippen LogP contribution in [-0.4, -0.2) is 22.2 Å². The minimum absolute atomic E-state index is 0.107. The number of hydrogen-bond donors (Lipinski definition) is 2. The molecule has 7 heteroatoms. The lowest BCUT2D eigenvalue weighted by Gasteiger charge is -2.13. The van der Waals surface area contributed by atoms with Crippen LogP contribution in [0.2, 0.25) is 0 Å². The van der Waals surface area contributed by atoms with Gasteiger partial charge in [-0.25, -0.2) is 13.5 Å². The Morgan fingerprint density at radius 3 is 2.81 bits per heavy atom. The molecule has 2 aromatic rings. The van der Waals surface area contributed by atoms with Gasteiger partial charge >= 0.3 is 0 Å². The van der Waals surface area contributed by atoms with Crippen molar-refractivity contribution in [2.75, 3.05) is 6.54 Å². The Balaban J connectivity index is 2.34. The number of aromatic nitrogens is 2. The smallest absolute Gasteiger partial charge is 0.234 e. The Hall–Kier alpha value is -2.28. The van der Waals surface area contributed by atoms with Crippen LogP contribution in [-0.2, 0) is 4.79 Å². The molecule has 0 unspecified atom stereocenters. The first-order valence-corrected chi connectivity index (χ1v) is 6.43. The predicted molar refractivity (Wildman–Crippen MR) is 73.8 cm³/mol. The zero-order chi connectivity index (χ0) is 15.6. The Kier molecular flexibility index (Phi) is 4.32. The fourth-order valence-corrected chi connectivity index (χ4v) is 2.12. The molecule has 2 rings (SSSR count). The molecule has 112 valence electrons. The van der Waals surface area contributed by atoms with E-state index in [1.165, 1.54) is 16.8 Å². The molecule has 0 fully saturated rings. The van der Waals surface area contributed by atoms with Crippen molar-refractivity contribution < 1.29 is 13.6 Å². The summed E-state index contributed by atoms with van der Waals surface area (Å²) in [6.45, 7) is 3.42. The molecule has 0 saturated carbocycles. The zero-order valence-corrected chi connectivity index (χ0v) is 11.7. The van der Waals surface area contributed by atoms with Crippen LogP contribution < -0.4 is 11.1 Å². The third kappa shape index (κ3) is 3.08. The van der Waals surface area contributed by atoms with Crippen molar-refractivity contribution in [1.29, 1.82) is 0 Å². The lowest BCUT2D eigenvalue weighted by Crippen LogP contribution is -2.32. The molecule has 0 aliphatic carbocycles. The number of carbonyl (C=O) groups is 1. The molecule has 1 aromatic heterocycles. The van der Waals surface area contributed by atoms with Crippen molar-refractivity contribution in [3.05, 3.63) is 47.3 Å². The van der Waals surface area contributed by atoms with Crippen LogP contribution in [0.15, 0.2) is 24.4 Å². The molecule has 0 spiro atoms. The molecule has 0 saturated heterocycles. The molecule has 5 nitrogen and oxygen atoms in total. The molecule has 1 atom stereocenters. The van der Waals surface area contributed by atoms with Gasteiger partial charge < -0.3 is 11.1 Å². The molecule has 3 N–H and O–H groups in total. The Labute approximate surface area is 120 Å². The number of nitrogens with one attached hydrogen (secondary N) is 1. The summed E-state index contributed by atoms with van der Waals surface area (Å²) >= 11 is 0. The van der Waals surface area contributed by atoms with E-state index in [1.807, 2.05) is 0 Å². The van der Waals surface area contributed by atoms with Crippen LogP contribution in [0, 0.1) is 18.6 Å². The SMILES string of the molecule is Cc1c([C@@H](C)NC(=O)CN)cnn1-c1ccc(F)cc1F. The molecule has 1 aromatic carbocycles. The lowest BCUT2D eigenvalue weighted by atomic mass is 10.1. The van der Waals surface area contributed by atoms with E-state index in [2.05, 4.69) is 10.4 Å². The van der Waals surface area contributed by atoms with E-state index in [4.69, 9.17) is 5.73 Å². The van der Waals surface area contributed by atoms with Gasteiger partial charge in [0.1, 0.15) is 11.5 Å². The van der Waals surface area contributed by atoms with Gasteiger partial charge in [0, 0.05) is 17.3 Å². The van der Waals surface area contributed by atoms with Gasteiger partial charge in [0.05, 0.1) is 18.8 Å². The molecular weight excluding hydrogens is 278 g/mol. The number of nitrogens with zero attached hydrogens (tertiary/aromatic N) is 2. The van der Waals surface area contributed by atoms with Gasteiger partial charge in [-0.3, -0.25) is 4.79 Å². The first-order chi connectivity index (χ1) is 9.93. The van der Waals surface area contributed by atoms with E-state index in [-0.39, 0.29) is 24.2 Å². The first-order valence-electron chi connectivity index (χ1n) is 6.43. The summed E-state index contributed by atoms with van der Waals surface area (Å²) in [5.74, 6) is -1.64. The summed E-state index contributed by atoms with van der Waals surface area (Å²) in [6, 6.07) is 2.98. The number of nitrogens with two attached hydrogens (primary N) is 1. The number of amides is 1. The largest absolute Gasteiger partial charge is 0.348 e. The Bertz CT molecular complexity index is 669. The topological polar surface area (TPSA) is 72.9 Å². The second kappa shape index (κ2) is 6.01. The van der Waals surface area contributed by atoms with Crippen LogP contribution >= 0.6 is 0 Å². The highest BCUT2D eigenvalue weighted by Crippen LogP contribution is 2.22. The van der Waals surface area contributed by atoms with E-state index in [0.29, 0.717) is 5.69 Å². The fourth-order valence-electron chi connectivity index (χ4n) is 2.12. The van der Waals surface area contributed by atoms with Crippen molar-refractivity contribution in [2.45, 2.75) is 19.9 Å². The highest BCUT2D eigenvalue weighted by Gasteiger charge is 2.17. The van der Waals surface area contributed by atoms with Crippen molar-refractivity contribution in [2.24, 2.45) is 5.73 Å². The van der Waals surface area contributed by atoms with Crippen LogP contribution in [0.1, 0.15) is 24.2 Å². The monoisotopic (exact) mass is 294 g/mol. The minimum Gasteiger partial charge on any atom is -0.348 e. The number of halogens is 2. The summed E-state index contributed by atoms with van der Waals surface area (Å²) in [5, 5.41) is 6.81. The minimum atomic E-state index is -0.702. The third-order valence-electron chi connectivity index (χ3n) is 3.22. The summed E-state index contributed by atoms with van der Waals surface area (Å²) < 4.78 is 28.1. The highest BCUT2D eigenvalue weighted by atomic mass is 19.1. The number of carbonyl (C=O) groups excluding carboxylic acids is 1. The van der Waals surface area contributed by atoms with Crippen LogP contribution in [0.4, 0.5) is 8.78 Å². The zero-order valence-electron chi connectivity index (χ0n) is 11.7. The van der Waals surface area contributed by atoms with Crippen LogP contribution in [0.3, 0.4) is 0 Å². The van der Waals surface area contributed by atoms with Crippen molar-refractivity contribution >= 4 is 5.91 Å². The van der Waals surface area contributed by atoms with Gasteiger partial charge in [0.2, 0.25) is 5.91 Å². The number of rotatable bonds is 4. The maximum absolute atomic E-state index is 13.8. The van der Waals surface area contributed by atoms with Crippen molar-refractivity contribution in [1.82, 2.24) is 15.1 Å². The molecule has 0 radical (unpaired) electrons. The van der Waals surface area contributed by atoms with E-state index in [1.54, 1.807) is 20.0 Å². The average Bonchev–Trinajstić information content (AvgIpc) is 2.80. The summed E-state index contributed by atoms with van der Waals surface area (Å²) in [6.07, 6.45) is 1.54.